The van der Waals surface area contributed by atoms with E-state index in [1.807, 2.05) is 6.92 Å². The van der Waals surface area contributed by atoms with Crippen LogP contribution in [0.4, 0.5) is 0 Å². The summed E-state index contributed by atoms with van der Waals surface area (Å²) in [5.74, 6) is 0.762. The van der Waals surface area contributed by atoms with Crippen LogP contribution < -0.4 is 10.9 Å². The Bertz CT molecular complexity index is 401. The highest BCUT2D eigenvalue weighted by atomic mass is 79.9. The van der Waals surface area contributed by atoms with Gasteiger partial charge in [0, 0.05) is 18.8 Å². The van der Waals surface area contributed by atoms with E-state index in [4.69, 9.17) is 0 Å². The van der Waals surface area contributed by atoms with Gasteiger partial charge in [-0.25, -0.2) is 4.98 Å². The maximum atomic E-state index is 11.8. The summed E-state index contributed by atoms with van der Waals surface area (Å²) >= 11 is 3.20. The van der Waals surface area contributed by atoms with Gasteiger partial charge in [-0.15, -0.1) is 0 Å². The van der Waals surface area contributed by atoms with Crippen LogP contribution in [0.15, 0.2) is 15.5 Å². The molecule has 0 amide bonds. The van der Waals surface area contributed by atoms with Gasteiger partial charge in [-0.2, -0.15) is 0 Å². The molecule has 0 radical (unpaired) electrons. The van der Waals surface area contributed by atoms with Crippen LogP contribution in [0.2, 0.25) is 0 Å². The molecule has 90 valence electrons. The van der Waals surface area contributed by atoms with E-state index in [2.05, 4.69) is 40.1 Å². The van der Waals surface area contributed by atoms with Gasteiger partial charge < -0.3 is 5.32 Å². The highest BCUT2D eigenvalue weighted by molar-refractivity contribution is 9.10. The molecule has 0 fully saturated rings. The van der Waals surface area contributed by atoms with Crippen molar-refractivity contribution in [2.75, 3.05) is 6.54 Å². The molecule has 16 heavy (non-hydrogen) atoms. The van der Waals surface area contributed by atoms with Gasteiger partial charge in [-0.3, -0.25) is 9.36 Å². The zero-order chi connectivity index (χ0) is 12.1. The molecule has 1 aromatic heterocycles. The molecule has 1 rings (SSSR count). The minimum atomic E-state index is -0.00273. The fourth-order valence-corrected chi connectivity index (χ4v) is 1.76. The number of aromatic nitrogens is 2. The van der Waals surface area contributed by atoms with E-state index in [1.54, 1.807) is 10.8 Å². The number of nitrogens with zero attached hydrogens (tertiary/aromatic N) is 2. The third-order valence-electron chi connectivity index (χ3n) is 2.32. The average molecular weight is 288 g/mol. The predicted molar refractivity (Wildman–Crippen MR) is 68.7 cm³/mol. The van der Waals surface area contributed by atoms with Gasteiger partial charge in [0.15, 0.2) is 0 Å². The van der Waals surface area contributed by atoms with Crippen molar-refractivity contribution in [3.05, 3.63) is 26.8 Å². The van der Waals surface area contributed by atoms with Crippen molar-refractivity contribution < 1.29 is 0 Å². The normalized spacial score (nSPS) is 11.1. The number of nitrogens with one attached hydrogen (secondary N) is 1. The zero-order valence-electron chi connectivity index (χ0n) is 9.96. The SMILES string of the molecule is Cc1ncc(Br)c(=O)n1CCCNC(C)C. The Labute approximate surface area is 104 Å². The second kappa shape index (κ2) is 6.15. The van der Waals surface area contributed by atoms with Gasteiger partial charge in [0.1, 0.15) is 10.3 Å². The Kier molecular flexibility index (Phi) is 5.15. The number of aryl methyl sites for hydroxylation is 1. The summed E-state index contributed by atoms with van der Waals surface area (Å²) in [4.78, 5) is 15.9. The quantitative estimate of drug-likeness (QED) is 0.839. The lowest BCUT2D eigenvalue weighted by Gasteiger charge is -2.11. The summed E-state index contributed by atoms with van der Waals surface area (Å²) in [6.45, 7) is 7.69. The third kappa shape index (κ3) is 3.72. The van der Waals surface area contributed by atoms with Crippen molar-refractivity contribution in [1.29, 1.82) is 0 Å². The maximum absolute atomic E-state index is 11.8. The fraction of sp³-hybridized carbons (Fsp3) is 0.636. The lowest BCUT2D eigenvalue weighted by Crippen LogP contribution is -2.28. The minimum absolute atomic E-state index is 0.00273. The molecule has 0 saturated carbocycles. The molecule has 0 aliphatic rings. The lowest BCUT2D eigenvalue weighted by molar-refractivity contribution is 0.519. The number of halogens is 1. The molecule has 4 nitrogen and oxygen atoms in total. The standard InChI is InChI=1S/C11H18BrN3O/c1-8(2)13-5-4-6-15-9(3)14-7-10(12)11(15)16/h7-8,13H,4-6H2,1-3H3. The molecule has 5 heteroatoms. The van der Waals surface area contributed by atoms with Crippen LogP contribution in [0.1, 0.15) is 26.1 Å². The minimum Gasteiger partial charge on any atom is -0.314 e. The van der Waals surface area contributed by atoms with Gasteiger partial charge in [-0.05, 0) is 35.8 Å². The fourth-order valence-electron chi connectivity index (χ4n) is 1.44. The summed E-state index contributed by atoms with van der Waals surface area (Å²) in [6, 6.07) is 0.485. The second-order valence-corrected chi connectivity index (χ2v) is 4.93. The van der Waals surface area contributed by atoms with Crippen LogP contribution in [0.25, 0.3) is 0 Å². The molecule has 0 aliphatic carbocycles. The van der Waals surface area contributed by atoms with Crippen LogP contribution in [-0.4, -0.2) is 22.1 Å². The first kappa shape index (κ1) is 13.4. The third-order valence-corrected chi connectivity index (χ3v) is 2.86. The van der Waals surface area contributed by atoms with Crippen molar-refractivity contribution in [1.82, 2.24) is 14.9 Å². The number of hydrogen-bond donors (Lipinski definition) is 1. The van der Waals surface area contributed by atoms with E-state index >= 15 is 0 Å². The van der Waals surface area contributed by atoms with Gasteiger partial charge in [-0.1, -0.05) is 13.8 Å². The number of hydrogen-bond acceptors (Lipinski definition) is 3. The summed E-state index contributed by atoms with van der Waals surface area (Å²) in [5.41, 5.74) is -0.00273. The van der Waals surface area contributed by atoms with Gasteiger partial charge >= 0.3 is 0 Å². The first-order chi connectivity index (χ1) is 7.52. The Morgan fingerprint density at radius 1 is 1.56 bits per heavy atom. The molecule has 0 unspecified atom stereocenters. The van der Waals surface area contributed by atoms with Crippen LogP contribution in [0.5, 0.6) is 0 Å². The molecule has 0 saturated heterocycles. The Morgan fingerprint density at radius 3 is 2.88 bits per heavy atom. The molecule has 0 atom stereocenters. The predicted octanol–water partition coefficient (Wildman–Crippen LogP) is 1.70. The lowest BCUT2D eigenvalue weighted by atomic mass is 10.3. The van der Waals surface area contributed by atoms with E-state index in [0.29, 0.717) is 17.1 Å². The first-order valence-electron chi connectivity index (χ1n) is 5.47. The second-order valence-electron chi connectivity index (χ2n) is 4.07. The molecule has 1 heterocycles. The Balaban J connectivity index is 2.60. The highest BCUT2D eigenvalue weighted by Crippen LogP contribution is 2.01. The van der Waals surface area contributed by atoms with E-state index in [9.17, 15) is 4.79 Å². The Hall–Kier alpha value is -0.680. The smallest absolute Gasteiger partial charge is 0.267 e. The molecule has 0 aromatic carbocycles. The zero-order valence-corrected chi connectivity index (χ0v) is 11.5. The summed E-state index contributed by atoms with van der Waals surface area (Å²) in [5, 5.41) is 3.32. The van der Waals surface area contributed by atoms with Crippen molar-refractivity contribution in [2.45, 2.75) is 39.8 Å². The molecule has 0 aliphatic heterocycles. The molecular weight excluding hydrogens is 270 g/mol. The first-order valence-corrected chi connectivity index (χ1v) is 6.27. The molecule has 1 aromatic rings. The molecule has 1 N–H and O–H groups in total. The topological polar surface area (TPSA) is 46.9 Å². The van der Waals surface area contributed by atoms with E-state index in [0.717, 1.165) is 18.8 Å². The van der Waals surface area contributed by atoms with Gasteiger partial charge in [0.2, 0.25) is 0 Å². The Morgan fingerprint density at radius 2 is 2.25 bits per heavy atom. The maximum Gasteiger partial charge on any atom is 0.267 e. The van der Waals surface area contributed by atoms with E-state index < -0.39 is 0 Å². The van der Waals surface area contributed by atoms with E-state index in [-0.39, 0.29) is 5.56 Å². The molecule has 0 spiro atoms. The molecular formula is C11H18BrN3O. The van der Waals surface area contributed by atoms with Crippen molar-refractivity contribution in [3.63, 3.8) is 0 Å². The van der Waals surface area contributed by atoms with Crippen LogP contribution in [-0.2, 0) is 6.54 Å². The van der Waals surface area contributed by atoms with Crippen LogP contribution in [0.3, 0.4) is 0 Å². The molecule has 0 bridgehead atoms. The van der Waals surface area contributed by atoms with Gasteiger partial charge in [0.05, 0.1) is 0 Å². The monoisotopic (exact) mass is 287 g/mol. The van der Waals surface area contributed by atoms with Crippen molar-refractivity contribution in [2.24, 2.45) is 0 Å². The van der Waals surface area contributed by atoms with E-state index in [1.165, 1.54) is 0 Å². The van der Waals surface area contributed by atoms with Crippen LogP contribution >= 0.6 is 15.9 Å². The van der Waals surface area contributed by atoms with Gasteiger partial charge in [0.25, 0.3) is 5.56 Å². The average Bonchev–Trinajstić information content (AvgIpc) is 2.22. The summed E-state index contributed by atoms with van der Waals surface area (Å²) < 4.78 is 2.22. The summed E-state index contributed by atoms with van der Waals surface area (Å²) in [6.07, 6.45) is 2.48. The van der Waals surface area contributed by atoms with Crippen molar-refractivity contribution in [3.8, 4) is 0 Å². The van der Waals surface area contributed by atoms with Crippen molar-refractivity contribution >= 4 is 15.9 Å². The van der Waals surface area contributed by atoms with Crippen LogP contribution in [0, 0.1) is 6.92 Å². The summed E-state index contributed by atoms with van der Waals surface area (Å²) in [7, 11) is 0. The number of rotatable bonds is 5. The largest absolute Gasteiger partial charge is 0.314 e. The highest BCUT2D eigenvalue weighted by Gasteiger charge is 2.04.